The molecule has 0 bridgehead atoms. The van der Waals surface area contributed by atoms with E-state index < -0.39 is 15.6 Å². The molecular weight excluding hydrogens is 408 g/mol. The summed E-state index contributed by atoms with van der Waals surface area (Å²) in [6.45, 7) is 2.08. The highest BCUT2D eigenvalue weighted by Gasteiger charge is 2.44. The van der Waals surface area contributed by atoms with Crippen LogP contribution in [0.25, 0.3) is 0 Å². The molecule has 0 saturated heterocycles. The minimum absolute atomic E-state index is 0.777. The van der Waals surface area contributed by atoms with E-state index >= 15 is 0 Å². The van der Waals surface area contributed by atoms with E-state index in [-0.39, 0.29) is 0 Å². The third kappa shape index (κ3) is 10.2. The molecule has 0 spiro atoms. The van der Waals surface area contributed by atoms with Crippen LogP contribution in [0.5, 0.6) is 0 Å². The average molecular weight is 428 g/mol. The summed E-state index contributed by atoms with van der Waals surface area (Å²) < 4.78 is 57.5. The molecule has 0 fully saturated rings. The molecular formula is C20H20F3O3PS. The Morgan fingerprint density at radius 1 is 0.714 bits per heavy atom. The predicted octanol–water partition coefficient (Wildman–Crippen LogP) is 4.70. The van der Waals surface area contributed by atoms with Crippen LogP contribution >= 0.6 is 8.58 Å². The molecule has 0 amide bonds. The van der Waals surface area contributed by atoms with E-state index in [1.807, 2.05) is 18.2 Å². The summed E-state index contributed by atoms with van der Waals surface area (Å²) in [5.41, 5.74) is -4.21. The topological polar surface area (TPSA) is 54.4 Å². The lowest BCUT2D eigenvalue weighted by Gasteiger charge is -2.00. The van der Waals surface area contributed by atoms with Crippen molar-refractivity contribution in [2.24, 2.45) is 0 Å². The molecule has 28 heavy (non-hydrogen) atoms. The van der Waals surface area contributed by atoms with E-state index in [1.165, 1.54) is 16.2 Å². The summed E-state index contributed by atoms with van der Waals surface area (Å²) in [6.07, 6.45) is 0. The number of hydrogen-bond donors (Lipinski definition) is 1. The number of alkyl halides is 3. The second-order valence-corrected chi connectivity index (χ2v) is 8.25. The van der Waals surface area contributed by atoms with Crippen LogP contribution in [-0.4, -0.2) is 18.5 Å². The minimum Gasteiger partial charge on any atom is -0.279 e. The molecule has 8 heteroatoms. The first-order valence-electron chi connectivity index (χ1n) is 8.02. The van der Waals surface area contributed by atoms with E-state index in [0.29, 0.717) is 0 Å². The summed E-state index contributed by atoms with van der Waals surface area (Å²) in [5, 5.41) is 2.79. The summed E-state index contributed by atoms with van der Waals surface area (Å²) in [4.78, 5) is 0. The lowest BCUT2D eigenvalue weighted by Crippen LogP contribution is -2.21. The van der Waals surface area contributed by atoms with Crippen LogP contribution in [0, 0.1) is 6.92 Å². The van der Waals surface area contributed by atoms with Gasteiger partial charge < -0.3 is 0 Å². The van der Waals surface area contributed by atoms with Crippen LogP contribution in [-0.2, 0) is 10.1 Å². The number of aryl methyl sites for hydroxylation is 1. The van der Waals surface area contributed by atoms with E-state index in [1.54, 1.807) is 0 Å². The van der Waals surface area contributed by atoms with Crippen molar-refractivity contribution < 1.29 is 26.1 Å². The Kier molecular flexibility index (Phi) is 9.87. The van der Waals surface area contributed by atoms with Crippen molar-refractivity contribution in [1.82, 2.24) is 0 Å². The van der Waals surface area contributed by atoms with Gasteiger partial charge in [-0.15, -0.1) is 0 Å². The van der Waals surface area contributed by atoms with Crippen LogP contribution in [0.2, 0.25) is 0 Å². The SMILES string of the molecule is Cc1ccccc1.O=S(=O)(O)C(F)(F)F.c1ccc(Pc2ccccc2)cc1. The smallest absolute Gasteiger partial charge is 0.279 e. The first kappa shape index (κ1) is 23.8. The van der Waals surface area contributed by atoms with Crippen molar-refractivity contribution in [2.45, 2.75) is 12.4 Å². The summed E-state index contributed by atoms with van der Waals surface area (Å²) in [5.74, 6) is 0. The zero-order valence-electron chi connectivity index (χ0n) is 15.0. The fraction of sp³-hybridized carbons (Fsp3) is 0.100. The van der Waals surface area contributed by atoms with Crippen LogP contribution in [0.15, 0.2) is 91.0 Å². The predicted molar refractivity (Wildman–Crippen MR) is 109 cm³/mol. The van der Waals surface area contributed by atoms with Gasteiger partial charge in [-0.1, -0.05) is 105 Å². The zero-order chi connectivity index (χ0) is 21.0. The number of rotatable bonds is 2. The maximum Gasteiger partial charge on any atom is 0.522 e. The fourth-order valence-electron chi connectivity index (χ4n) is 1.74. The molecule has 150 valence electrons. The van der Waals surface area contributed by atoms with Gasteiger partial charge in [0.15, 0.2) is 0 Å². The van der Waals surface area contributed by atoms with Gasteiger partial charge in [0.2, 0.25) is 0 Å². The van der Waals surface area contributed by atoms with Crippen molar-refractivity contribution >= 4 is 29.3 Å². The highest BCUT2D eigenvalue weighted by atomic mass is 32.2. The molecule has 0 aliphatic rings. The van der Waals surface area contributed by atoms with Gasteiger partial charge in [-0.3, -0.25) is 4.55 Å². The average Bonchev–Trinajstić information content (AvgIpc) is 2.63. The molecule has 0 unspecified atom stereocenters. The van der Waals surface area contributed by atoms with E-state index in [0.717, 1.165) is 8.58 Å². The van der Waals surface area contributed by atoms with Crippen molar-refractivity contribution in [1.29, 1.82) is 0 Å². The molecule has 0 atom stereocenters. The minimum atomic E-state index is -5.84. The number of benzene rings is 3. The molecule has 0 aliphatic heterocycles. The molecule has 3 nitrogen and oxygen atoms in total. The van der Waals surface area contributed by atoms with Crippen LogP contribution in [0.4, 0.5) is 13.2 Å². The molecule has 3 aromatic rings. The largest absolute Gasteiger partial charge is 0.522 e. The molecule has 1 N–H and O–H groups in total. The quantitative estimate of drug-likeness (QED) is 0.366. The van der Waals surface area contributed by atoms with Gasteiger partial charge >= 0.3 is 15.6 Å². The Morgan fingerprint density at radius 2 is 1.00 bits per heavy atom. The van der Waals surface area contributed by atoms with E-state index in [2.05, 4.69) is 79.7 Å². The lowest BCUT2D eigenvalue weighted by molar-refractivity contribution is -0.0510. The van der Waals surface area contributed by atoms with Crippen molar-refractivity contribution in [3.63, 3.8) is 0 Å². The van der Waals surface area contributed by atoms with Crippen LogP contribution < -0.4 is 10.6 Å². The molecule has 0 aliphatic carbocycles. The number of halogens is 3. The molecule has 0 aromatic heterocycles. The summed E-state index contributed by atoms with van der Waals surface area (Å²) >= 11 is 0. The zero-order valence-corrected chi connectivity index (χ0v) is 16.8. The van der Waals surface area contributed by atoms with Gasteiger partial charge in [0.25, 0.3) is 0 Å². The lowest BCUT2D eigenvalue weighted by atomic mass is 10.2. The summed E-state index contributed by atoms with van der Waals surface area (Å²) in [7, 11) is -5.06. The van der Waals surface area contributed by atoms with E-state index in [9.17, 15) is 13.2 Å². The Bertz CT molecular complexity index is 864. The van der Waals surface area contributed by atoms with Gasteiger partial charge in [-0.2, -0.15) is 21.6 Å². The van der Waals surface area contributed by atoms with Crippen LogP contribution in [0.1, 0.15) is 5.56 Å². The first-order chi connectivity index (χ1) is 13.1. The van der Waals surface area contributed by atoms with Gasteiger partial charge in [0.05, 0.1) is 0 Å². The van der Waals surface area contributed by atoms with Gasteiger partial charge in [0.1, 0.15) is 0 Å². The molecule has 0 heterocycles. The highest BCUT2D eigenvalue weighted by molar-refractivity contribution is 7.86. The normalized spacial score (nSPS) is 10.8. The van der Waals surface area contributed by atoms with Crippen molar-refractivity contribution in [3.05, 3.63) is 96.6 Å². The Balaban J connectivity index is 0.000000226. The second-order valence-electron chi connectivity index (χ2n) is 5.43. The fourth-order valence-corrected chi connectivity index (χ4v) is 2.80. The Labute approximate surface area is 164 Å². The first-order valence-corrected chi connectivity index (χ1v) is 10.5. The molecule has 0 saturated carbocycles. The monoisotopic (exact) mass is 428 g/mol. The van der Waals surface area contributed by atoms with E-state index in [4.69, 9.17) is 13.0 Å². The maximum absolute atomic E-state index is 10.7. The maximum atomic E-state index is 10.7. The van der Waals surface area contributed by atoms with Gasteiger partial charge in [-0.25, -0.2) is 0 Å². The Morgan fingerprint density at radius 3 is 1.21 bits per heavy atom. The second kappa shape index (κ2) is 11.6. The van der Waals surface area contributed by atoms with Crippen LogP contribution in [0.3, 0.4) is 0 Å². The molecule has 3 aromatic carbocycles. The highest BCUT2D eigenvalue weighted by Crippen LogP contribution is 2.20. The van der Waals surface area contributed by atoms with Crippen molar-refractivity contribution in [2.75, 3.05) is 0 Å². The third-order valence-electron chi connectivity index (χ3n) is 3.07. The van der Waals surface area contributed by atoms with Gasteiger partial charge in [0, 0.05) is 0 Å². The molecule has 3 rings (SSSR count). The number of hydrogen-bond acceptors (Lipinski definition) is 2. The standard InChI is InChI=1S/C12H11P.C7H8.CHF3O3S/c1-3-7-11(8-4-1)13-12-9-5-2-6-10-12;1-7-5-3-2-4-6-7;2-1(3,4)8(5,6)7/h1-10,13H;2-6H,1H3;(H,5,6,7). The summed E-state index contributed by atoms with van der Waals surface area (Å²) in [6, 6.07) is 31.4. The van der Waals surface area contributed by atoms with Gasteiger partial charge in [-0.05, 0) is 17.5 Å². The van der Waals surface area contributed by atoms with Crippen molar-refractivity contribution in [3.8, 4) is 0 Å². The third-order valence-corrected chi connectivity index (χ3v) is 4.90. The Hall–Kier alpha value is -2.21. The molecule has 0 radical (unpaired) electrons.